The van der Waals surface area contributed by atoms with E-state index >= 15 is 0 Å². The third-order valence-corrected chi connectivity index (χ3v) is 3.66. The highest BCUT2D eigenvalue weighted by atomic mass is 19.3. The number of carbonyl (C=O) groups is 2. The van der Waals surface area contributed by atoms with Crippen molar-refractivity contribution >= 4 is 17.6 Å². The monoisotopic (exact) mass is 414 g/mol. The number of aromatic nitrogens is 2. The first-order valence-electron chi connectivity index (χ1n) is 8.37. The van der Waals surface area contributed by atoms with E-state index in [2.05, 4.69) is 25.3 Å². The summed E-state index contributed by atoms with van der Waals surface area (Å²) < 4.78 is 54.6. The number of nitrogens with zero attached hydrogens (tertiary/aromatic N) is 2. The number of carbonyl (C=O) groups excluding carboxylic acids is 2. The third-order valence-electron chi connectivity index (χ3n) is 3.66. The molecule has 2 aromatic rings. The molecule has 29 heavy (non-hydrogen) atoms. The Bertz CT molecular complexity index is 862. The molecule has 0 saturated carbocycles. The van der Waals surface area contributed by atoms with Crippen LogP contribution in [0.1, 0.15) is 35.8 Å². The molecular weight excluding hydrogens is 396 g/mol. The summed E-state index contributed by atoms with van der Waals surface area (Å²) in [6.07, 6.45) is -1.19. The van der Waals surface area contributed by atoms with E-state index in [-0.39, 0.29) is 23.2 Å². The molecule has 0 aliphatic heterocycles. The first kappa shape index (κ1) is 22.1. The first-order valence-corrected chi connectivity index (χ1v) is 8.37. The molecule has 1 atom stereocenters. The lowest BCUT2D eigenvalue weighted by Gasteiger charge is -2.17. The summed E-state index contributed by atoms with van der Waals surface area (Å²) >= 11 is 0. The Hall–Kier alpha value is -3.24. The van der Waals surface area contributed by atoms with E-state index < -0.39 is 30.9 Å². The molecule has 156 valence electrons. The number of pyridine rings is 2. The van der Waals surface area contributed by atoms with Crippen molar-refractivity contribution in [2.24, 2.45) is 0 Å². The van der Waals surface area contributed by atoms with Crippen LogP contribution in [0, 0.1) is 0 Å². The van der Waals surface area contributed by atoms with Crippen LogP contribution < -0.4 is 15.4 Å². The molecule has 0 bridgehead atoms. The quantitative estimate of drug-likeness (QED) is 0.647. The maximum atomic E-state index is 12.9. The molecule has 0 aliphatic carbocycles. The van der Waals surface area contributed by atoms with Crippen molar-refractivity contribution in [1.82, 2.24) is 15.3 Å². The van der Waals surface area contributed by atoms with Gasteiger partial charge in [0.2, 0.25) is 11.8 Å². The van der Waals surface area contributed by atoms with Gasteiger partial charge in [-0.15, -0.1) is 0 Å². The number of rotatable bonds is 8. The van der Waals surface area contributed by atoms with Crippen LogP contribution in [-0.4, -0.2) is 40.7 Å². The van der Waals surface area contributed by atoms with E-state index in [1.807, 2.05) is 0 Å². The second-order valence-electron chi connectivity index (χ2n) is 6.09. The molecule has 0 saturated heterocycles. The number of ether oxygens (including phenoxy) is 1. The van der Waals surface area contributed by atoms with Crippen LogP contribution in [0.3, 0.4) is 0 Å². The highest BCUT2D eigenvalue weighted by molar-refractivity contribution is 5.96. The predicted octanol–water partition coefficient (Wildman–Crippen LogP) is 3.21. The van der Waals surface area contributed by atoms with Crippen LogP contribution in [0.4, 0.5) is 23.4 Å². The van der Waals surface area contributed by atoms with E-state index in [4.69, 9.17) is 0 Å². The maximum Gasteiger partial charge on any atom is 0.340 e. The summed E-state index contributed by atoms with van der Waals surface area (Å²) in [5.74, 6) is -5.07. The Labute approximate surface area is 163 Å². The summed E-state index contributed by atoms with van der Waals surface area (Å²) in [6.45, 7) is 1.48. The summed E-state index contributed by atoms with van der Waals surface area (Å²) in [6, 6.07) is 5.06. The van der Waals surface area contributed by atoms with Crippen molar-refractivity contribution in [2.45, 2.75) is 32.2 Å². The zero-order chi connectivity index (χ0) is 21.6. The van der Waals surface area contributed by atoms with E-state index in [1.165, 1.54) is 43.6 Å². The van der Waals surface area contributed by atoms with Gasteiger partial charge < -0.3 is 15.4 Å². The number of halogens is 4. The molecule has 2 N–H and O–H groups in total. The Kier molecular flexibility index (Phi) is 7.08. The van der Waals surface area contributed by atoms with Crippen molar-refractivity contribution in [3.63, 3.8) is 0 Å². The first-order chi connectivity index (χ1) is 13.6. The van der Waals surface area contributed by atoms with Crippen LogP contribution in [0.25, 0.3) is 0 Å². The number of hydrogen-bond donors (Lipinski definition) is 2. The van der Waals surface area contributed by atoms with Gasteiger partial charge in [0, 0.05) is 30.9 Å². The summed E-state index contributed by atoms with van der Waals surface area (Å²) in [5, 5.41) is 5.17. The predicted molar refractivity (Wildman–Crippen MR) is 95.1 cm³/mol. The summed E-state index contributed by atoms with van der Waals surface area (Å²) in [4.78, 5) is 31.1. The third kappa shape index (κ3) is 6.40. The fourth-order valence-electron chi connectivity index (χ4n) is 2.15. The molecule has 11 heteroatoms. The zero-order valence-corrected chi connectivity index (χ0v) is 15.5. The molecule has 0 fully saturated rings. The molecule has 2 rings (SSSR count). The van der Waals surface area contributed by atoms with Gasteiger partial charge in [0.15, 0.2) is 6.61 Å². The summed E-state index contributed by atoms with van der Waals surface area (Å²) in [5.41, 5.74) is 0.792. The standard InChI is InChI=1S/C18H18F4N4O3/c1-10(25-16(28)12-5-6-23-14(7-12)26-11(2)27)13-3-4-15(24-8-13)29-9-18(21,22)17(19)20/h3-8,10,17H,9H2,1-2H3,(H,25,28)(H,23,26,27). The van der Waals surface area contributed by atoms with Crippen molar-refractivity contribution < 1.29 is 31.9 Å². The van der Waals surface area contributed by atoms with Crippen molar-refractivity contribution in [2.75, 3.05) is 11.9 Å². The smallest absolute Gasteiger partial charge is 0.340 e. The summed E-state index contributed by atoms with van der Waals surface area (Å²) in [7, 11) is 0. The number of amides is 2. The van der Waals surface area contributed by atoms with Crippen LogP contribution >= 0.6 is 0 Å². The fraction of sp³-hybridized carbons (Fsp3) is 0.333. The van der Waals surface area contributed by atoms with Crippen molar-refractivity contribution in [1.29, 1.82) is 0 Å². The Morgan fingerprint density at radius 2 is 1.93 bits per heavy atom. The van der Waals surface area contributed by atoms with Crippen LogP contribution in [0.5, 0.6) is 5.88 Å². The molecule has 0 aromatic carbocycles. The number of alkyl halides is 4. The van der Waals surface area contributed by atoms with Gasteiger partial charge in [0.25, 0.3) is 5.91 Å². The van der Waals surface area contributed by atoms with Crippen molar-refractivity contribution in [3.8, 4) is 5.88 Å². The average molecular weight is 414 g/mol. The zero-order valence-electron chi connectivity index (χ0n) is 15.5. The molecule has 0 spiro atoms. The van der Waals surface area contributed by atoms with E-state index in [9.17, 15) is 27.2 Å². The Balaban J connectivity index is 1.97. The topological polar surface area (TPSA) is 93.2 Å². The molecular formula is C18H18F4N4O3. The Morgan fingerprint density at radius 1 is 1.21 bits per heavy atom. The van der Waals surface area contributed by atoms with E-state index in [0.717, 1.165) is 0 Å². The van der Waals surface area contributed by atoms with Gasteiger partial charge in [-0.1, -0.05) is 6.07 Å². The van der Waals surface area contributed by atoms with E-state index in [0.29, 0.717) is 5.56 Å². The molecule has 1 unspecified atom stereocenters. The molecule has 2 amide bonds. The molecule has 7 nitrogen and oxygen atoms in total. The van der Waals surface area contributed by atoms with Gasteiger partial charge >= 0.3 is 12.3 Å². The van der Waals surface area contributed by atoms with Gasteiger partial charge in [-0.2, -0.15) is 8.78 Å². The number of hydrogen-bond acceptors (Lipinski definition) is 5. The Morgan fingerprint density at radius 3 is 2.52 bits per heavy atom. The molecule has 2 heterocycles. The highest BCUT2D eigenvalue weighted by Gasteiger charge is 2.41. The molecule has 0 radical (unpaired) electrons. The largest absolute Gasteiger partial charge is 0.471 e. The molecule has 2 aromatic heterocycles. The van der Waals surface area contributed by atoms with Gasteiger partial charge in [0.1, 0.15) is 5.82 Å². The second-order valence-corrected chi connectivity index (χ2v) is 6.09. The van der Waals surface area contributed by atoms with Gasteiger partial charge in [-0.05, 0) is 24.6 Å². The van der Waals surface area contributed by atoms with Gasteiger partial charge in [-0.3, -0.25) is 9.59 Å². The molecule has 0 aliphatic rings. The minimum Gasteiger partial charge on any atom is -0.471 e. The normalized spacial score (nSPS) is 12.4. The van der Waals surface area contributed by atoms with Gasteiger partial charge in [0.05, 0.1) is 6.04 Å². The lowest BCUT2D eigenvalue weighted by Crippen LogP contribution is -2.33. The highest BCUT2D eigenvalue weighted by Crippen LogP contribution is 2.24. The van der Waals surface area contributed by atoms with Crippen LogP contribution in [0.2, 0.25) is 0 Å². The lowest BCUT2D eigenvalue weighted by molar-refractivity contribution is -0.148. The fourth-order valence-corrected chi connectivity index (χ4v) is 2.15. The maximum absolute atomic E-state index is 12.9. The van der Waals surface area contributed by atoms with Crippen LogP contribution in [0.15, 0.2) is 36.7 Å². The number of nitrogens with one attached hydrogen (secondary N) is 2. The van der Waals surface area contributed by atoms with E-state index in [1.54, 1.807) is 6.92 Å². The average Bonchev–Trinajstić information content (AvgIpc) is 2.66. The SMILES string of the molecule is CC(=O)Nc1cc(C(=O)NC(C)c2ccc(OCC(F)(F)C(F)F)nc2)ccn1. The lowest BCUT2D eigenvalue weighted by atomic mass is 10.1. The van der Waals surface area contributed by atoms with Crippen LogP contribution in [-0.2, 0) is 4.79 Å². The van der Waals surface area contributed by atoms with Gasteiger partial charge in [-0.25, -0.2) is 18.7 Å². The minimum absolute atomic E-state index is 0.224. The minimum atomic E-state index is -4.28. The van der Waals surface area contributed by atoms with Crippen molar-refractivity contribution in [3.05, 3.63) is 47.8 Å². The second kappa shape index (κ2) is 9.30. The number of anilines is 1.